The molecule has 25 heavy (non-hydrogen) atoms. The van der Waals surface area contributed by atoms with Gasteiger partial charge < -0.3 is 14.6 Å². The van der Waals surface area contributed by atoms with Crippen molar-refractivity contribution in [3.05, 3.63) is 45.9 Å². The van der Waals surface area contributed by atoms with Gasteiger partial charge in [-0.15, -0.1) is 0 Å². The lowest BCUT2D eigenvalue weighted by Gasteiger charge is -2.16. The Balaban J connectivity index is 2.57. The largest absolute Gasteiger partial charge is 0.493 e. The number of benzene rings is 2. The van der Waals surface area contributed by atoms with Crippen molar-refractivity contribution in [2.45, 2.75) is 11.8 Å². The molecule has 2 aromatic carbocycles. The molecule has 7 nitrogen and oxygen atoms in total. The Morgan fingerprint density at radius 2 is 1.76 bits per heavy atom. The summed E-state index contributed by atoms with van der Waals surface area (Å²) in [5, 5.41) is 9.28. The number of nitrogens with one attached hydrogen (secondary N) is 1. The number of para-hydroxylation sites is 1. The van der Waals surface area contributed by atoms with Crippen molar-refractivity contribution in [3.63, 3.8) is 0 Å². The second-order valence-electron chi connectivity index (χ2n) is 5.05. The summed E-state index contributed by atoms with van der Waals surface area (Å²) >= 11 is 3.20. The van der Waals surface area contributed by atoms with Crippen molar-refractivity contribution in [3.8, 4) is 11.5 Å². The number of sulfonamides is 1. The van der Waals surface area contributed by atoms with Crippen LogP contribution >= 0.6 is 15.9 Å². The lowest BCUT2D eigenvalue weighted by atomic mass is 10.1. The van der Waals surface area contributed by atoms with Crippen molar-refractivity contribution < 1.29 is 27.8 Å². The monoisotopic (exact) mass is 429 g/mol. The summed E-state index contributed by atoms with van der Waals surface area (Å²) in [5.41, 5.74) is 0.358. The first-order valence-electron chi connectivity index (χ1n) is 6.98. The predicted octanol–water partition coefficient (Wildman–Crippen LogP) is 3.27. The van der Waals surface area contributed by atoms with Crippen LogP contribution in [0.15, 0.2) is 39.7 Å². The molecule has 2 rings (SSSR count). The number of hydrogen-bond donors (Lipinski definition) is 2. The van der Waals surface area contributed by atoms with Gasteiger partial charge in [0, 0.05) is 10.5 Å². The zero-order valence-corrected chi connectivity index (χ0v) is 16.1. The molecule has 2 N–H and O–H groups in total. The van der Waals surface area contributed by atoms with Gasteiger partial charge in [-0.1, -0.05) is 12.1 Å². The van der Waals surface area contributed by atoms with E-state index in [1.54, 1.807) is 19.1 Å². The number of carboxylic acids is 1. The summed E-state index contributed by atoms with van der Waals surface area (Å²) in [4.78, 5) is 11.3. The Kier molecular flexibility index (Phi) is 5.58. The maximum absolute atomic E-state index is 12.8. The Bertz CT molecular complexity index is 926. The number of ether oxygens (including phenoxy) is 2. The minimum Gasteiger partial charge on any atom is -0.493 e. The molecule has 0 unspecified atom stereocenters. The quantitative estimate of drug-likeness (QED) is 0.730. The van der Waals surface area contributed by atoms with Crippen molar-refractivity contribution in [2.24, 2.45) is 0 Å². The Hall–Kier alpha value is -2.26. The zero-order valence-electron chi connectivity index (χ0n) is 13.7. The van der Waals surface area contributed by atoms with Gasteiger partial charge in [0.25, 0.3) is 10.0 Å². The highest BCUT2D eigenvalue weighted by molar-refractivity contribution is 9.10. The highest BCUT2D eigenvalue weighted by Crippen LogP contribution is 2.36. The third-order valence-corrected chi connectivity index (χ3v) is 5.78. The zero-order chi connectivity index (χ0) is 18.8. The molecule has 0 aromatic heterocycles. The Labute approximate surface area is 153 Å². The van der Waals surface area contributed by atoms with E-state index in [2.05, 4.69) is 20.7 Å². The van der Waals surface area contributed by atoms with Gasteiger partial charge in [0.05, 0.1) is 25.5 Å². The number of rotatable bonds is 6. The van der Waals surface area contributed by atoms with E-state index >= 15 is 0 Å². The molecule has 0 heterocycles. The molecule has 2 aromatic rings. The van der Waals surface area contributed by atoms with E-state index in [4.69, 9.17) is 9.47 Å². The molecular weight excluding hydrogens is 414 g/mol. The first kappa shape index (κ1) is 19.1. The fraction of sp³-hybridized carbons (Fsp3) is 0.188. The minimum atomic E-state index is -4.08. The van der Waals surface area contributed by atoms with Crippen LogP contribution < -0.4 is 14.2 Å². The predicted molar refractivity (Wildman–Crippen MR) is 96.2 cm³/mol. The molecule has 0 aliphatic rings. The second kappa shape index (κ2) is 7.32. The summed E-state index contributed by atoms with van der Waals surface area (Å²) in [6.07, 6.45) is 0. The van der Waals surface area contributed by atoms with Gasteiger partial charge in [-0.3, -0.25) is 4.72 Å². The van der Waals surface area contributed by atoms with E-state index in [1.165, 1.54) is 32.4 Å². The minimum absolute atomic E-state index is 0.0108. The van der Waals surface area contributed by atoms with Crippen LogP contribution in [0.25, 0.3) is 0 Å². The molecule has 0 radical (unpaired) electrons. The Morgan fingerprint density at radius 1 is 1.16 bits per heavy atom. The molecule has 0 saturated carbocycles. The fourth-order valence-electron chi connectivity index (χ4n) is 2.21. The van der Waals surface area contributed by atoms with Crippen LogP contribution in [-0.2, 0) is 10.0 Å². The van der Waals surface area contributed by atoms with Crippen molar-refractivity contribution in [1.29, 1.82) is 0 Å². The van der Waals surface area contributed by atoms with Crippen molar-refractivity contribution in [1.82, 2.24) is 0 Å². The summed E-state index contributed by atoms with van der Waals surface area (Å²) in [5.74, 6) is -0.641. The molecule has 0 fully saturated rings. The molecule has 0 aliphatic carbocycles. The third kappa shape index (κ3) is 3.88. The lowest BCUT2D eigenvalue weighted by molar-refractivity contribution is 0.0698. The van der Waals surface area contributed by atoms with Gasteiger partial charge in [-0.2, -0.15) is 0 Å². The molecule has 0 spiro atoms. The van der Waals surface area contributed by atoms with Crippen LogP contribution in [0, 0.1) is 6.92 Å². The van der Waals surface area contributed by atoms with Crippen molar-refractivity contribution >= 4 is 37.6 Å². The van der Waals surface area contributed by atoms with Crippen LogP contribution in [0.5, 0.6) is 11.5 Å². The number of methoxy groups -OCH3 is 2. The fourth-order valence-corrected chi connectivity index (χ4v) is 4.40. The normalized spacial score (nSPS) is 11.0. The van der Waals surface area contributed by atoms with Gasteiger partial charge in [0.2, 0.25) is 0 Å². The van der Waals surface area contributed by atoms with Crippen LogP contribution in [0.1, 0.15) is 15.9 Å². The number of hydrogen-bond acceptors (Lipinski definition) is 5. The molecule has 0 aliphatic heterocycles. The van der Waals surface area contributed by atoms with Gasteiger partial charge >= 0.3 is 5.97 Å². The summed E-state index contributed by atoms with van der Waals surface area (Å²) < 4.78 is 38.4. The van der Waals surface area contributed by atoms with Gasteiger partial charge in [-0.25, -0.2) is 13.2 Å². The lowest BCUT2D eigenvalue weighted by Crippen LogP contribution is -2.17. The van der Waals surface area contributed by atoms with E-state index in [-0.39, 0.29) is 26.4 Å². The van der Waals surface area contributed by atoms with Crippen molar-refractivity contribution in [2.75, 3.05) is 18.9 Å². The summed E-state index contributed by atoms with van der Waals surface area (Å²) in [7, 11) is -1.25. The maximum Gasteiger partial charge on any atom is 0.337 e. The first-order valence-corrected chi connectivity index (χ1v) is 9.26. The average molecular weight is 430 g/mol. The molecular formula is C16H16BrNO6S. The number of carbonyl (C=O) groups is 1. The van der Waals surface area contributed by atoms with Crippen LogP contribution in [-0.4, -0.2) is 33.7 Å². The van der Waals surface area contributed by atoms with E-state index in [1.807, 2.05) is 0 Å². The highest BCUT2D eigenvalue weighted by atomic mass is 79.9. The van der Waals surface area contributed by atoms with E-state index < -0.39 is 16.0 Å². The number of anilines is 1. The molecule has 134 valence electrons. The Morgan fingerprint density at radius 3 is 2.32 bits per heavy atom. The second-order valence-corrected chi connectivity index (χ2v) is 7.55. The van der Waals surface area contributed by atoms with E-state index in [9.17, 15) is 18.3 Å². The molecule has 0 bridgehead atoms. The molecule has 9 heteroatoms. The number of aryl methyl sites for hydroxylation is 1. The summed E-state index contributed by atoms with van der Waals surface area (Å²) in [6.45, 7) is 1.62. The molecule has 0 atom stereocenters. The standard InChI is InChI=1S/C16H16BrNO6S/c1-9-5-4-6-10(16(19)20)15(9)18-25(21,22)14-8-13(24-3)12(23-2)7-11(14)17/h4-8,18H,1-3H3,(H,19,20). The van der Waals surface area contributed by atoms with Gasteiger partial charge in [-0.05, 0) is 40.5 Å². The van der Waals surface area contributed by atoms with Crippen LogP contribution in [0.3, 0.4) is 0 Å². The van der Waals surface area contributed by atoms with Gasteiger partial charge in [0.1, 0.15) is 4.90 Å². The van der Waals surface area contributed by atoms with Crippen LogP contribution in [0.2, 0.25) is 0 Å². The number of aromatic carboxylic acids is 1. The van der Waals surface area contributed by atoms with Gasteiger partial charge in [0.15, 0.2) is 11.5 Å². The van der Waals surface area contributed by atoms with Crippen LogP contribution in [0.4, 0.5) is 5.69 Å². The number of carboxylic acid groups (broad SMARTS) is 1. The number of halogens is 1. The van der Waals surface area contributed by atoms with E-state index in [0.717, 1.165) is 0 Å². The molecule has 0 amide bonds. The maximum atomic E-state index is 12.8. The topological polar surface area (TPSA) is 102 Å². The summed E-state index contributed by atoms with van der Waals surface area (Å²) in [6, 6.07) is 7.25. The molecule has 0 saturated heterocycles. The highest BCUT2D eigenvalue weighted by Gasteiger charge is 2.24. The SMILES string of the molecule is COc1cc(Br)c(S(=O)(=O)Nc2c(C)cccc2C(=O)O)cc1OC. The smallest absolute Gasteiger partial charge is 0.337 e. The van der Waals surface area contributed by atoms with E-state index in [0.29, 0.717) is 11.3 Å². The first-order chi connectivity index (χ1) is 11.7. The third-order valence-electron chi connectivity index (χ3n) is 3.47. The average Bonchev–Trinajstić information content (AvgIpc) is 2.55.